The van der Waals surface area contributed by atoms with E-state index in [4.69, 9.17) is 10.5 Å². The molecule has 0 spiro atoms. The van der Waals surface area contributed by atoms with Gasteiger partial charge in [0.15, 0.2) is 0 Å². The van der Waals surface area contributed by atoms with E-state index < -0.39 is 114 Å². The van der Waals surface area contributed by atoms with Crippen LogP contribution < -0.4 is 48.5 Å². The summed E-state index contributed by atoms with van der Waals surface area (Å²) < 4.78 is 4.87. The van der Waals surface area contributed by atoms with Gasteiger partial charge >= 0.3 is 6.09 Å². The minimum absolute atomic E-state index is 0.0610. The number of carbonyl (C=O) groups excluding carboxylic acids is 11. The normalized spacial score (nSPS) is 15.9. The van der Waals surface area contributed by atoms with Crippen LogP contribution in [0.15, 0.2) is 0 Å². The third kappa shape index (κ3) is 19.1. The van der Waals surface area contributed by atoms with Crippen LogP contribution in [-0.4, -0.2) is 133 Å². The fourth-order valence-electron chi connectivity index (χ4n) is 5.82. The van der Waals surface area contributed by atoms with Gasteiger partial charge in [0.2, 0.25) is 58.8 Å². The maximum Gasteiger partial charge on any atom is 0.421 e. The average molecular weight is 839 g/mol. The molecule has 22 nitrogen and oxygen atoms in total. The summed E-state index contributed by atoms with van der Waals surface area (Å²) >= 11 is 0. The Morgan fingerprint density at radius 2 is 1.46 bits per heavy atom. The highest BCUT2D eigenvalue weighted by Crippen LogP contribution is 2.18. The molecule has 6 atom stereocenters. The topological polar surface area (TPSA) is 322 Å². The maximum atomic E-state index is 13.4. The third-order valence-electron chi connectivity index (χ3n) is 9.14. The monoisotopic (exact) mass is 838 g/mol. The molecule has 22 heteroatoms. The molecule has 1 heterocycles. The van der Waals surface area contributed by atoms with Crippen molar-refractivity contribution < 1.29 is 57.5 Å². The van der Waals surface area contributed by atoms with Crippen molar-refractivity contribution in [2.24, 2.45) is 17.6 Å². The molecule has 0 aliphatic carbocycles. The van der Waals surface area contributed by atoms with Gasteiger partial charge in [-0.1, -0.05) is 41.0 Å². The first-order valence-electron chi connectivity index (χ1n) is 19.7. The number of nitrogens with two attached hydrogens (primary N) is 1. The number of ether oxygens (including phenoxy) is 1. The number of nitrogens with one attached hydrogen (secondary N) is 8. The van der Waals surface area contributed by atoms with Crippen LogP contribution in [0.2, 0.25) is 0 Å². The van der Waals surface area contributed by atoms with Crippen molar-refractivity contribution in [3.05, 3.63) is 0 Å². The molecule has 10 N–H and O–H groups in total. The Bertz CT molecular complexity index is 1540. The zero-order chi connectivity index (χ0) is 44.8. The number of primary amides is 1. The summed E-state index contributed by atoms with van der Waals surface area (Å²) in [5.74, 6) is -8.01. The van der Waals surface area contributed by atoms with E-state index in [2.05, 4.69) is 42.8 Å². The maximum absolute atomic E-state index is 13.4. The molecule has 0 radical (unpaired) electrons. The van der Waals surface area contributed by atoms with Gasteiger partial charge in [0, 0.05) is 19.9 Å². The molecular formula is C37H62N10O12. The number of nitrogens with zero attached hydrogens (tertiary/aromatic N) is 1. The zero-order valence-corrected chi connectivity index (χ0v) is 35.0. The largest absolute Gasteiger partial charge is 0.449 e. The van der Waals surface area contributed by atoms with Crippen LogP contribution in [-0.2, 0) is 52.7 Å². The van der Waals surface area contributed by atoms with Crippen molar-refractivity contribution in [3.8, 4) is 0 Å². The number of amides is 9. The molecule has 1 fully saturated rings. The molecule has 1 aliphatic heterocycles. The van der Waals surface area contributed by atoms with E-state index in [1.807, 2.05) is 20.8 Å². The lowest BCUT2D eigenvalue weighted by Crippen LogP contribution is -2.57. The van der Waals surface area contributed by atoms with E-state index in [1.165, 1.54) is 11.8 Å². The first kappa shape index (κ1) is 51.3. The Morgan fingerprint density at radius 3 is 2.05 bits per heavy atom. The van der Waals surface area contributed by atoms with E-state index in [1.54, 1.807) is 13.8 Å². The summed E-state index contributed by atoms with van der Waals surface area (Å²) in [6.07, 6.45) is 0.885. The van der Waals surface area contributed by atoms with Gasteiger partial charge in [0.1, 0.15) is 24.2 Å². The Balaban J connectivity index is 2.81. The van der Waals surface area contributed by atoms with Gasteiger partial charge in [-0.25, -0.2) is 10.2 Å². The van der Waals surface area contributed by atoms with Crippen LogP contribution in [0.4, 0.5) is 4.79 Å². The van der Waals surface area contributed by atoms with Gasteiger partial charge < -0.3 is 47.3 Å². The second-order valence-corrected chi connectivity index (χ2v) is 14.7. The number of hydrogen-bond acceptors (Lipinski definition) is 13. The summed E-state index contributed by atoms with van der Waals surface area (Å²) in [7, 11) is 0. The lowest BCUT2D eigenvalue weighted by atomic mass is 9.98. The van der Waals surface area contributed by atoms with E-state index in [-0.39, 0.29) is 44.9 Å². The predicted octanol–water partition coefficient (Wildman–Crippen LogP) is -2.67. The molecule has 0 bridgehead atoms. The van der Waals surface area contributed by atoms with Gasteiger partial charge in [-0.15, -0.1) is 0 Å². The number of hydrogen-bond donors (Lipinski definition) is 9. The fraction of sp³-hybridized carbons (Fsp3) is 0.703. The van der Waals surface area contributed by atoms with E-state index in [0.29, 0.717) is 25.7 Å². The lowest BCUT2D eigenvalue weighted by molar-refractivity contribution is -0.139. The summed E-state index contributed by atoms with van der Waals surface area (Å²) in [6.45, 7) is 10.2. The fourth-order valence-corrected chi connectivity index (χ4v) is 5.82. The lowest BCUT2D eigenvalue weighted by Gasteiger charge is -2.27. The number of likely N-dealkylation sites (tertiary alicyclic amines) is 1. The van der Waals surface area contributed by atoms with E-state index in [9.17, 15) is 52.7 Å². The number of hydrazine groups is 1. The molecule has 1 aliphatic rings. The molecule has 332 valence electrons. The smallest absolute Gasteiger partial charge is 0.421 e. The molecule has 0 saturated carbocycles. The first-order valence-corrected chi connectivity index (χ1v) is 19.7. The Morgan fingerprint density at radius 1 is 0.797 bits per heavy atom. The van der Waals surface area contributed by atoms with Crippen molar-refractivity contribution in [1.82, 2.24) is 47.7 Å². The molecular weight excluding hydrogens is 776 g/mol. The summed E-state index contributed by atoms with van der Waals surface area (Å²) in [5.41, 5.74) is 9.83. The quantitative estimate of drug-likeness (QED) is 0.0318. The minimum Gasteiger partial charge on any atom is -0.449 e. The number of ketones is 2. The summed E-state index contributed by atoms with van der Waals surface area (Å²) in [6, 6.07) is -5.65. The molecule has 1 unspecified atom stereocenters. The standard InChI is InChI=1S/C37H62N10O12/c1-8-15-59-37(58)46-41-19-30(52)47-14-10-11-26(47)35(56)44-25(16-20(3)4)34(55)40-18-29(51)45-31(21(5)9-2)36(57)42-22(6)33(54)39-17-27(49)32(53)24(43-23(7)48)12-13-28(38)50/h20-22,24-26,31,41H,8-19H2,1-7H3,(H2,38,50)(H,39,54)(H,40,55)(H,42,57)(H,43,48)(H,44,56)(H,45,51)(H,46,58)/t21-,22?,24-,25-,26-,31-/m0/s1. The highest BCUT2D eigenvalue weighted by Gasteiger charge is 2.36. The van der Waals surface area contributed by atoms with Crippen molar-refractivity contribution in [1.29, 1.82) is 0 Å². The molecule has 59 heavy (non-hydrogen) atoms. The highest BCUT2D eigenvalue weighted by molar-refractivity contribution is 6.40. The predicted molar refractivity (Wildman–Crippen MR) is 210 cm³/mol. The average Bonchev–Trinajstić information content (AvgIpc) is 3.68. The third-order valence-corrected chi connectivity index (χ3v) is 9.14. The van der Waals surface area contributed by atoms with Crippen molar-refractivity contribution >= 4 is 64.9 Å². The summed E-state index contributed by atoms with van der Waals surface area (Å²) in [5, 5.41) is 14.7. The van der Waals surface area contributed by atoms with Crippen LogP contribution in [0.25, 0.3) is 0 Å². The molecule has 0 aromatic carbocycles. The van der Waals surface area contributed by atoms with Crippen LogP contribution in [0, 0.1) is 11.8 Å². The molecule has 9 amide bonds. The SMILES string of the molecule is CCCOC(=O)NNCC(=O)N1CCC[C@H]1C(=O)N[C@@H](CC(C)C)C(=O)NCC(=O)N[C@H](C(=O)NC(C)C(=O)NCC(=O)C(=O)[C@H](CCC(N)=O)NC(C)=O)[C@@H](C)CC. The van der Waals surface area contributed by atoms with E-state index >= 15 is 0 Å². The van der Waals surface area contributed by atoms with Crippen molar-refractivity contribution in [2.75, 3.05) is 32.8 Å². The van der Waals surface area contributed by atoms with Gasteiger partial charge in [-0.2, -0.15) is 0 Å². The van der Waals surface area contributed by atoms with Crippen LogP contribution in [0.1, 0.15) is 93.4 Å². The second kappa shape index (κ2) is 26.4. The highest BCUT2D eigenvalue weighted by atomic mass is 16.6. The van der Waals surface area contributed by atoms with Crippen molar-refractivity contribution in [2.45, 2.75) is 124 Å². The van der Waals surface area contributed by atoms with E-state index in [0.717, 1.165) is 6.92 Å². The Labute approximate surface area is 343 Å². The van der Waals surface area contributed by atoms with Gasteiger partial charge in [-0.3, -0.25) is 53.4 Å². The number of Topliss-reactive ketones (excluding diaryl/α,β-unsaturated/α-hetero) is 2. The Kier molecular flexibility index (Phi) is 22.9. The van der Waals surface area contributed by atoms with Crippen LogP contribution >= 0.6 is 0 Å². The number of rotatable bonds is 26. The zero-order valence-electron chi connectivity index (χ0n) is 35.0. The Hall–Kier alpha value is -5.67. The molecule has 1 rings (SSSR count). The minimum atomic E-state index is -1.33. The van der Waals surface area contributed by atoms with Gasteiger partial charge in [0.25, 0.3) is 0 Å². The van der Waals surface area contributed by atoms with Gasteiger partial charge in [0.05, 0.1) is 32.3 Å². The molecule has 0 aromatic rings. The first-order chi connectivity index (χ1) is 27.7. The van der Waals surface area contributed by atoms with Crippen LogP contribution in [0.5, 0.6) is 0 Å². The van der Waals surface area contributed by atoms with Crippen LogP contribution in [0.3, 0.4) is 0 Å². The van der Waals surface area contributed by atoms with Gasteiger partial charge in [-0.05, 0) is 50.9 Å². The number of carbonyl (C=O) groups is 11. The molecule has 0 aromatic heterocycles. The summed E-state index contributed by atoms with van der Waals surface area (Å²) in [4.78, 5) is 139. The van der Waals surface area contributed by atoms with Crippen molar-refractivity contribution in [3.63, 3.8) is 0 Å². The second-order valence-electron chi connectivity index (χ2n) is 14.7. The molecule has 1 saturated heterocycles.